The van der Waals surface area contributed by atoms with E-state index in [1.807, 2.05) is 31.2 Å². The molecule has 2 aromatic rings. The molecule has 2 N–H and O–H groups in total. The number of H-pyrrole nitrogens is 1. The predicted octanol–water partition coefficient (Wildman–Crippen LogP) is 1.48. The summed E-state index contributed by atoms with van der Waals surface area (Å²) in [6, 6.07) is 7.62. The van der Waals surface area contributed by atoms with E-state index in [4.69, 9.17) is 9.84 Å². The Kier molecular flexibility index (Phi) is 3.17. The van der Waals surface area contributed by atoms with Gasteiger partial charge in [-0.25, -0.2) is 4.79 Å². The first kappa shape index (κ1) is 13.6. The minimum atomic E-state index is -1.00. The van der Waals surface area contributed by atoms with E-state index in [0.717, 1.165) is 10.9 Å². The Labute approximate surface area is 121 Å². The minimum Gasteiger partial charge on any atom is -0.480 e. The van der Waals surface area contributed by atoms with Crippen LogP contribution in [0, 0.1) is 0 Å². The van der Waals surface area contributed by atoms with Crippen molar-refractivity contribution in [1.29, 1.82) is 0 Å². The summed E-state index contributed by atoms with van der Waals surface area (Å²) in [5.41, 5.74) is 0.984. The van der Waals surface area contributed by atoms with Gasteiger partial charge in [0, 0.05) is 17.1 Å². The average Bonchev–Trinajstić information content (AvgIpc) is 2.85. The van der Waals surface area contributed by atoms with Crippen LogP contribution in [0.15, 0.2) is 30.5 Å². The largest absolute Gasteiger partial charge is 0.480 e. The normalized spacial score (nSPS) is 16.7. The highest BCUT2D eigenvalue weighted by Gasteiger charge is 2.43. The summed E-state index contributed by atoms with van der Waals surface area (Å²) >= 11 is 0. The van der Waals surface area contributed by atoms with Gasteiger partial charge in [-0.15, -0.1) is 0 Å². The number of fused-ring (bicyclic) bond motifs is 1. The molecule has 0 bridgehead atoms. The zero-order chi connectivity index (χ0) is 15.0. The SMILES string of the molecule is CC1(OCC(=O)O)CN(C(=O)c2c[nH]c3ccccc23)C1. The Morgan fingerprint density at radius 3 is 2.81 bits per heavy atom. The first-order valence-electron chi connectivity index (χ1n) is 6.70. The molecule has 0 aliphatic carbocycles. The number of aromatic amines is 1. The number of amides is 1. The first-order chi connectivity index (χ1) is 9.98. The van der Waals surface area contributed by atoms with E-state index in [-0.39, 0.29) is 12.5 Å². The number of carboxylic acids is 1. The molecule has 0 unspecified atom stereocenters. The molecule has 1 aliphatic heterocycles. The van der Waals surface area contributed by atoms with Crippen molar-refractivity contribution in [3.63, 3.8) is 0 Å². The second-order valence-corrected chi connectivity index (χ2v) is 5.54. The summed E-state index contributed by atoms with van der Waals surface area (Å²) in [5, 5.41) is 9.52. The summed E-state index contributed by atoms with van der Waals surface area (Å²) < 4.78 is 5.31. The highest BCUT2D eigenvalue weighted by atomic mass is 16.5. The third-order valence-electron chi connectivity index (χ3n) is 3.70. The lowest BCUT2D eigenvalue weighted by molar-refractivity contribution is -0.159. The number of benzene rings is 1. The molecule has 1 amide bonds. The maximum atomic E-state index is 12.5. The average molecular weight is 288 g/mol. The summed E-state index contributed by atoms with van der Waals surface area (Å²) in [6.07, 6.45) is 1.71. The number of ether oxygens (including phenoxy) is 1. The molecule has 1 fully saturated rings. The molecule has 1 aromatic heterocycles. The van der Waals surface area contributed by atoms with Gasteiger partial charge in [0.2, 0.25) is 0 Å². The van der Waals surface area contributed by atoms with Crippen molar-refractivity contribution in [2.75, 3.05) is 19.7 Å². The van der Waals surface area contributed by atoms with Crippen molar-refractivity contribution in [3.05, 3.63) is 36.0 Å². The summed E-state index contributed by atoms with van der Waals surface area (Å²) in [7, 11) is 0. The Hall–Kier alpha value is -2.34. The van der Waals surface area contributed by atoms with Crippen LogP contribution in [0.3, 0.4) is 0 Å². The van der Waals surface area contributed by atoms with E-state index in [1.165, 1.54) is 0 Å². The maximum absolute atomic E-state index is 12.5. The van der Waals surface area contributed by atoms with Gasteiger partial charge >= 0.3 is 5.97 Å². The Balaban J connectivity index is 1.69. The number of hydrogen-bond acceptors (Lipinski definition) is 3. The predicted molar refractivity (Wildman–Crippen MR) is 76.2 cm³/mol. The first-order valence-corrected chi connectivity index (χ1v) is 6.70. The number of rotatable bonds is 4. The number of carbonyl (C=O) groups excluding carboxylic acids is 1. The number of hydrogen-bond donors (Lipinski definition) is 2. The van der Waals surface area contributed by atoms with Gasteiger partial charge in [0.1, 0.15) is 12.2 Å². The van der Waals surface area contributed by atoms with E-state index >= 15 is 0 Å². The standard InChI is InChI=1S/C15H16N2O4/c1-15(21-7-13(18)19)8-17(9-15)14(20)11-6-16-12-5-3-2-4-10(11)12/h2-6,16H,7-9H2,1H3,(H,18,19). The highest BCUT2D eigenvalue weighted by molar-refractivity contribution is 6.07. The fraction of sp³-hybridized carbons (Fsp3) is 0.333. The highest BCUT2D eigenvalue weighted by Crippen LogP contribution is 2.28. The number of nitrogens with one attached hydrogen (secondary N) is 1. The summed E-state index contributed by atoms with van der Waals surface area (Å²) in [5.74, 6) is -1.07. The van der Waals surface area contributed by atoms with Crippen LogP contribution in [-0.2, 0) is 9.53 Å². The topological polar surface area (TPSA) is 82.6 Å². The maximum Gasteiger partial charge on any atom is 0.329 e. The van der Waals surface area contributed by atoms with E-state index in [1.54, 1.807) is 11.1 Å². The lowest BCUT2D eigenvalue weighted by atomic mass is 9.95. The Morgan fingerprint density at radius 1 is 1.38 bits per heavy atom. The molecule has 0 atom stereocenters. The molecule has 1 saturated heterocycles. The molecule has 110 valence electrons. The van der Waals surface area contributed by atoms with Gasteiger partial charge in [-0.2, -0.15) is 0 Å². The molecule has 6 nitrogen and oxygen atoms in total. The Bertz CT molecular complexity index is 701. The van der Waals surface area contributed by atoms with Crippen molar-refractivity contribution in [2.45, 2.75) is 12.5 Å². The van der Waals surface area contributed by atoms with E-state index < -0.39 is 11.6 Å². The molecule has 2 heterocycles. The number of para-hydroxylation sites is 1. The van der Waals surface area contributed by atoms with Gasteiger partial charge < -0.3 is 19.7 Å². The number of aliphatic carboxylic acids is 1. The third kappa shape index (κ3) is 2.50. The van der Waals surface area contributed by atoms with Crippen molar-refractivity contribution in [2.24, 2.45) is 0 Å². The molecule has 1 aromatic carbocycles. The van der Waals surface area contributed by atoms with Crippen LogP contribution in [0.5, 0.6) is 0 Å². The number of carbonyl (C=O) groups is 2. The van der Waals surface area contributed by atoms with E-state index in [9.17, 15) is 9.59 Å². The second-order valence-electron chi connectivity index (χ2n) is 5.54. The molecule has 6 heteroatoms. The van der Waals surface area contributed by atoms with Crippen molar-refractivity contribution >= 4 is 22.8 Å². The summed E-state index contributed by atoms with van der Waals surface area (Å²) in [6.45, 7) is 2.28. The number of aromatic nitrogens is 1. The monoisotopic (exact) mass is 288 g/mol. The molecule has 0 radical (unpaired) electrons. The van der Waals surface area contributed by atoms with Crippen LogP contribution in [0.4, 0.5) is 0 Å². The van der Waals surface area contributed by atoms with Crippen molar-refractivity contribution in [1.82, 2.24) is 9.88 Å². The quantitative estimate of drug-likeness (QED) is 0.892. The smallest absolute Gasteiger partial charge is 0.329 e. The van der Waals surface area contributed by atoms with Gasteiger partial charge in [0.05, 0.1) is 18.7 Å². The molecule has 0 spiro atoms. The lowest BCUT2D eigenvalue weighted by Crippen LogP contribution is -2.63. The number of likely N-dealkylation sites (tertiary alicyclic amines) is 1. The van der Waals surface area contributed by atoms with Crippen LogP contribution in [-0.4, -0.2) is 52.2 Å². The van der Waals surface area contributed by atoms with Crippen LogP contribution >= 0.6 is 0 Å². The van der Waals surface area contributed by atoms with Crippen LogP contribution in [0.2, 0.25) is 0 Å². The van der Waals surface area contributed by atoms with Crippen LogP contribution in [0.1, 0.15) is 17.3 Å². The minimum absolute atomic E-state index is 0.0659. The third-order valence-corrected chi connectivity index (χ3v) is 3.70. The zero-order valence-electron chi connectivity index (χ0n) is 11.6. The number of nitrogens with zero attached hydrogens (tertiary/aromatic N) is 1. The molecule has 1 aliphatic rings. The van der Waals surface area contributed by atoms with Crippen molar-refractivity contribution in [3.8, 4) is 0 Å². The van der Waals surface area contributed by atoms with Gasteiger partial charge in [-0.05, 0) is 13.0 Å². The molecule has 0 saturated carbocycles. The molecule has 21 heavy (non-hydrogen) atoms. The molecular formula is C15H16N2O4. The van der Waals surface area contributed by atoms with Gasteiger partial charge in [0.15, 0.2) is 0 Å². The fourth-order valence-corrected chi connectivity index (χ4v) is 2.65. The fourth-order valence-electron chi connectivity index (χ4n) is 2.65. The van der Waals surface area contributed by atoms with Gasteiger partial charge in [0.25, 0.3) is 5.91 Å². The van der Waals surface area contributed by atoms with Gasteiger partial charge in [-0.3, -0.25) is 4.79 Å². The second kappa shape index (κ2) is 4.89. The van der Waals surface area contributed by atoms with Crippen molar-refractivity contribution < 1.29 is 19.4 Å². The molecular weight excluding hydrogens is 272 g/mol. The molecule has 3 rings (SSSR count). The Morgan fingerprint density at radius 2 is 2.10 bits per heavy atom. The van der Waals surface area contributed by atoms with Crippen LogP contribution in [0.25, 0.3) is 10.9 Å². The summed E-state index contributed by atoms with van der Waals surface area (Å²) in [4.78, 5) is 27.7. The number of carboxylic acid groups (broad SMARTS) is 1. The van der Waals surface area contributed by atoms with E-state index in [0.29, 0.717) is 18.7 Å². The van der Waals surface area contributed by atoms with E-state index in [2.05, 4.69) is 4.98 Å². The zero-order valence-corrected chi connectivity index (χ0v) is 11.6. The lowest BCUT2D eigenvalue weighted by Gasteiger charge is -2.47. The van der Waals surface area contributed by atoms with Crippen LogP contribution < -0.4 is 0 Å². The van der Waals surface area contributed by atoms with Gasteiger partial charge in [-0.1, -0.05) is 18.2 Å².